The molecule has 0 aliphatic rings. The fourth-order valence-electron chi connectivity index (χ4n) is 1.18. The Hall–Kier alpha value is 0.110. The second kappa shape index (κ2) is 6.64. The Balaban J connectivity index is 2.50. The van der Waals surface area contributed by atoms with Crippen molar-refractivity contribution in [2.75, 3.05) is 12.8 Å². The van der Waals surface area contributed by atoms with Gasteiger partial charge in [0.25, 0.3) is 0 Å². The summed E-state index contributed by atoms with van der Waals surface area (Å²) in [5, 5.41) is 5.40. The highest BCUT2D eigenvalue weighted by atomic mass is 35.5. The predicted molar refractivity (Wildman–Crippen MR) is 71.1 cm³/mol. The van der Waals surface area contributed by atoms with E-state index >= 15 is 0 Å². The van der Waals surface area contributed by atoms with Crippen LogP contribution in [0.15, 0.2) is 18.2 Å². The Labute approximate surface area is 106 Å². The zero-order chi connectivity index (χ0) is 11.3. The van der Waals surface area contributed by atoms with Crippen molar-refractivity contribution >= 4 is 35.0 Å². The first-order chi connectivity index (χ1) is 7.15. The summed E-state index contributed by atoms with van der Waals surface area (Å²) in [6.45, 7) is 3.87. The van der Waals surface area contributed by atoms with Crippen LogP contribution in [0.4, 0.5) is 0 Å². The molecule has 0 saturated heterocycles. The molecule has 0 spiro atoms. The third-order valence-corrected chi connectivity index (χ3v) is 3.88. The SMILES string of the molecule is CSC(C)CNCc1c(Cl)cccc1Cl. The van der Waals surface area contributed by atoms with Gasteiger partial charge in [0.15, 0.2) is 0 Å². The van der Waals surface area contributed by atoms with Crippen LogP contribution in [0.5, 0.6) is 0 Å². The quantitative estimate of drug-likeness (QED) is 0.867. The monoisotopic (exact) mass is 263 g/mol. The van der Waals surface area contributed by atoms with Crippen molar-refractivity contribution in [1.82, 2.24) is 5.32 Å². The van der Waals surface area contributed by atoms with Crippen molar-refractivity contribution in [3.63, 3.8) is 0 Å². The molecule has 15 heavy (non-hydrogen) atoms. The first kappa shape index (κ1) is 13.2. The van der Waals surface area contributed by atoms with E-state index in [1.54, 1.807) is 0 Å². The fourth-order valence-corrected chi connectivity index (χ4v) is 2.00. The maximum Gasteiger partial charge on any atom is 0.0465 e. The minimum Gasteiger partial charge on any atom is -0.311 e. The molecular formula is C11H15Cl2NS. The molecule has 1 N–H and O–H groups in total. The topological polar surface area (TPSA) is 12.0 Å². The summed E-state index contributed by atoms with van der Waals surface area (Å²) in [6, 6.07) is 5.59. The molecule has 1 unspecified atom stereocenters. The van der Waals surface area contributed by atoms with Gasteiger partial charge in [-0.1, -0.05) is 36.2 Å². The van der Waals surface area contributed by atoms with Gasteiger partial charge >= 0.3 is 0 Å². The lowest BCUT2D eigenvalue weighted by atomic mass is 10.2. The Kier molecular flexibility index (Phi) is 5.83. The molecule has 1 rings (SSSR count). The van der Waals surface area contributed by atoms with Crippen molar-refractivity contribution in [3.05, 3.63) is 33.8 Å². The van der Waals surface area contributed by atoms with Crippen LogP contribution in [0.1, 0.15) is 12.5 Å². The van der Waals surface area contributed by atoms with Crippen LogP contribution >= 0.6 is 35.0 Å². The molecular weight excluding hydrogens is 249 g/mol. The molecule has 0 heterocycles. The van der Waals surface area contributed by atoms with Crippen LogP contribution in [-0.4, -0.2) is 18.1 Å². The van der Waals surface area contributed by atoms with Gasteiger partial charge < -0.3 is 5.32 Å². The maximum atomic E-state index is 6.05. The van der Waals surface area contributed by atoms with Gasteiger partial charge in [-0.15, -0.1) is 0 Å². The van der Waals surface area contributed by atoms with E-state index < -0.39 is 0 Å². The highest BCUT2D eigenvalue weighted by Gasteiger charge is 2.05. The molecule has 1 aromatic rings. The molecule has 84 valence electrons. The highest BCUT2D eigenvalue weighted by Crippen LogP contribution is 2.23. The molecule has 0 aromatic heterocycles. The van der Waals surface area contributed by atoms with Crippen LogP contribution in [0, 0.1) is 0 Å². The van der Waals surface area contributed by atoms with Crippen LogP contribution in [-0.2, 0) is 6.54 Å². The molecule has 0 aliphatic heterocycles. The largest absolute Gasteiger partial charge is 0.311 e. The lowest BCUT2D eigenvalue weighted by Gasteiger charge is -2.11. The van der Waals surface area contributed by atoms with Gasteiger partial charge in [-0.25, -0.2) is 0 Å². The lowest BCUT2D eigenvalue weighted by molar-refractivity contribution is 0.685. The fraction of sp³-hybridized carbons (Fsp3) is 0.455. The van der Waals surface area contributed by atoms with Crippen LogP contribution in [0.2, 0.25) is 10.0 Å². The third-order valence-electron chi connectivity index (χ3n) is 2.20. The number of nitrogens with one attached hydrogen (secondary N) is 1. The number of benzene rings is 1. The Bertz CT molecular complexity index is 297. The van der Waals surface area contributed by atoms with E-state index in [0.717, 1.165) is 28.7 Å². The van der Waals surface area contributed by atoms with E-state index in [1.165, 1.54) is 0 Å². The highest BCUT2D eigenvalue weighted by molar-refractivity contribution is 7.99. The Morgan fingerprint density at radius 2 is 1.93 bits per heavy atom. The van der Waals surface area contributed by atoms with E-state index in [-0.39, 0.29) is 0 Å². The van der Waals surface area contributed by atoms with E-state index in [4.69, 9.17) is 23.2 Å². The molecule has 0 amide bonds. The van der Waals surface area contributed by atoms with Gasteiger partial charge in [-0.3, -0.25) is 0 Å². The predicted octanol–water partition coefficient (Wildman–Crippen LogP) is 3.83. The maximum absolute atomic E-state index is 6.05. The standard InChI is InChI=1S/C11H15Cl2NS/c1-8(15-2)6-14-7-9-10(12)4-3-5-11(9)13/h3-5,8,14H,6-7H2,1-2H3. The second-order valence-corrected chi connectivity index (χ2v) is 5.47. The van der Waals surface area contributed by atoms with Gasteiger partial charge in [0.05, 0.1) is 0 Å². The normalized spacial score (nSPS) is 12.8. The van der Waals surface area contributed by atoms with Gasteiger partial charge in [0, 0.05) is 33.9 Å². The number of hydrogen-bond donors (Lipinski definition) is 1. The molecule has 0 saturated carbocycles. The number of halogens is 2. The Morgan fingerprint density at radius 1 is 1.33 bits per heavy atom. The smallest absolute Gasteiger partial charge is 0.0465 e. The first-order valence-corrected chi connectivity index (χ1v) is 6.86. The molecule has 0 fully saturated rings. The molecule has 1 nitrogen and oxygen atoms in total. The Morgan fingerprint density at radius 3 is 2.47 bits per heavy atom. The second-order valence-electron chi connectivity index (χ2n) is 3.38. The zero-order valence-corrected chi connectivity index (χ0v) is 11.2. The van der Waals surface area contributed by atoms with Crippen LogP contribution in [0.3, 0.4) is 0 Å². The van der Waals surface area contributed by atoms with Crippen molar-refractivity contribution in [2.45, 2.75) is 18.7 Å². The lowest BCUT2D eigenvalue weighted by Crippen LogP contribution is -2.22. The van der Waals surface area contributed by atoms with E-state index in [1.807, 2.05) is 30.0 Å². The first-order valence-electron chi connectivity index (χ1n) is 4.81. The van der Waals surface area contributed by atoms with Crippen molar-refractivity contribution in [3.8, 4) is 0 Å². The molecule has 4 heteroatoms. The molecule has 0 aliphatic carbocycles. The van der Waals surface area contributed by atoms with Gasteiger partial charge in [-0.05, 0) is 18.4 Å². The zero-order valence-electron chi connectivity index (χ0n) is 8.89. The molecule has 1 atom stereocenters. The molecule has 1 aromatic carbocycles. The van der Waals surface area contributed by atoms with Gasteiger partial charge in [0.1, 0.15) is 0 Å². The van der Waals surface area contributed by atoms with Crippen molar-refractivity contribution in [1.29, 1.82) is 0 Å². The number of rotatable bonds is 5. The van der Waals surface area contributed by atoms with Crippen molar-refractivity contribution in [2.24, 2.45) is 0 Å². The van der Waals surface area contributed by atoms with E-state index in [9.17, 15) is 0 Å². The summed E-state index contributed by atoms with van der Waals surface area (Å²) in [4.78, 5) is 0. The number of thioether (sulfide) groups is 1. The summed E-state index contributed by atoms with van der Waals surface area (Å²) in [5.74, 6) is 0. The van der Waals surface area contributed by atoms with E-state index in [2.05, 4.69) is 18.5 Å². The van der Waals surface area contributed by atoms with Gasteiger partial charge in [-0.2, -0.15) is 11.8 Å². The minimum atomic E-state index is 0.603. The molecule has 0 bridgehead atoms. The summed E-state index contributed by atoms with van der Waals surface area (Å²) < 4.78 is 0. The summed E-state index contributed by atoms with van der Waals surface area (Å²) in [5.41, 5.74) is 0.981. The summed E-state index contributed by atoms with van der Waals surface area (Å²) in [6.07, 6.45) is 2.11. The minimum absolute atomic E-state index is 0.603. The third kappa shape index (κ3) is 4.23. The summed E-state index contributed by atoms with van der Waals surface area (Å²) >= 11 is 13.9. The van der Waals surface area contributed by atoms with Gasteiger partial charge in [0.2, 0.25) is 0 Å². The average Bonchev–Trinajstić information content (AvgIpc) is 2.22. The average molecular weight is 264 g/mol. The van der Waals surface area contributed by atoms with Crippen molar-refractivity contribution < 1.29 is 0 Å². The van der Waals surface area contributed by atoms with E-state index in [0.29, 0.717) is 5.25 Å². The number of hydrogen-bond acceptors (Lipinski definition) is 2. The van der Waals surface area contributed by atoms with Crippen LogP contribution < -0.4 is 5.32 Å². The molecule has 0 radical (unpaired) electrons. The van der Waals surface area contributed by atoms with Crippen LogP contribution in [0.25, 0.3) is 0 Å². The summed E-state index contributed by atoms with van der Waals surface area (Å²) in [7, 11) is 0.